The molecule has 1 rings (SSSR count). The van der Waals surface area contributed by atoms with Gasteiger partial charge in [-0.15, -0.1) is 0 Å². The smallest absolute Gasteiger partial charge is 0.103 e. The molecule has 0 heterocycles. The summed E-state index contributed by atoms with van der Waals surface area (Å²) in [5.74, 6) is 0. The van der Waals surface area contributed by atoms with Gasteiger partial charge in [0.05, 0.1) is 6.61 Å². The van der Waals surface area contributed by atoms with Crippen molar-refractivity contribution < 1.29 is 10.2 Å². The molecule has 1 unspecified atom stereocenters. The summed E-state index contributed by atoms with van der Waals surface area (Å²) < 4.78 is 0.828. The van der Waals surface area contributed by atoms with E-state index < -0.39 is 6.10 Å². The summed E-state index contributed by atoms with van der Waals surface area (Å²) in [5, 5.41) is 18.4. The molecular formula is C8H8BrClO2. The molecule has 1 atom stereocenters. The first-order chi connectivity index (χ1) is 5.65. The summed E-state index contributed by atoms with van der Waals surface area (Å²) in [6, 6.07) is 5.12. The third kappa shape index (κ3) is 2.20. The van der Waals surface area contributed by atoms with E-state index in [2.05, 4.69) is 15.9 Å². The molecule has 0 bridgehead atoms. The van der Waals surface area contributed by atoms with E-state index in [0.29, 0.717) is 10.6 Å². The molecule has 0 aliphatic rings. The van der Waals surface area contributed by atoms with Gasteiger partial charge in [-0.1, -0.05) is 27.5 Å². The maximum Gasteiger partial charge on any atom is 0.103 e. The van der Waals surface area contributed by atoms with Gasteiger partial charge >= 0.3 is 0 Å². The second kappa shape index (κ2) is 4.23. The SMILES string of the molecule is OCC(O)c1cc(Br)ccc1Cl. The molecule has 0 spiro atoms. The number of hydrogen-bond donors (Lipinski definition) is 2. The van der Waals surface area contributed by atoms with Gasteiger partial charge in [-0.3, -0.25) is 0 Å². The fourth-order valence-corrected chi connectivity index (χ4v) is 1.49. The molecular weight excluding hydrogens is 243 g/mol. The third-order valence-electron chi connectivity index (χ3n) is 1.49. The van der Waals surface area contributed by atoms with Crippen molar-refractivity contribution in [1.29, 1.82) is 0 Å². The van der Waals surface area contributed by atoms with Crippen LogP contribution in [0.25, 0.3) is 0 Å². The van der Waals surface area contributed by atoms with Crippen LogP contribution in [0.15, 0.2) is 22.7 Å². The highest BCUT2D eigenvalue weighted by atomic mass is 79.9. The van der Waals surface area contributed by atoms with Gasteiger partial charge in [0.25, 0.3) is 0 Å². The Labute approximate surface area is 83.9 Å². The second-order valence-corrected chi connectivity index (χ2v) is 3.69. The zero-order valence-corrected chi connectivity index (χ0v) is 8.51. The molecule has 66 valence electrons. The maximum absolute atomic E-state index is 9.28. The molecule has 0 aliphatic carbocycles. The molecule has 4 heteroatoms. The van der Waals surface area contributed by atoms with Crippen molar-refractivity contribution >= 4 is 27.5 Å². The molecule has 0 fully saturated rings. The minimum Gasteiger partial charge on any atom is -0.393 e. The van der Waals surface area contributed by atoms with Crippen LogP contribution in [0.2, 0.25) is 5.02 Å². The Bertz CT molecular complexity index is 278. The number of aliphatic hydroxyl groups is 2. The second-order valence-electron chi connectivity index (χ2n) is 2.36. The maximum atomic E-state index is 9.28. The quantitative estimate of drug-likeness (QED) is 0.845. The molecule has 0 saturated heterocycles. The fraction of sp³-hybridized carbons (Fsp3) is 0.250. The molecule has 0 amide bonds. The molecule has 0 aliphatic heterocycles. The Morgan fingerprint density at radius 1 is 1.50 bits per heavy atom. The highest BCUT2D eigenvalue weighted by molar-refractivity contribution is 9.10. The zero-order valence-electron chi connectivity index (χ0n) is 6.17. The largest absolute Gasteiger partial charge is 0.393 e. The van der Waals surface area contributed by atoms with E-state index in [-0.39, 0.29) is 6.61 Å². The number of rotatable bonds is 2. The van der Waals surface area contributed by atoms with Crippen LogP contribution >= 0.6 is 27.5 Å². The highest BCUT2D eigenvalue weighted by Crippen LogP contribution is 2.25. The molecule has 0 radical (unpaired) electrons. The van der Waals surface area contributed by atoms with Gasteiger partial charge in [-0.05, 0) is 18.2 Å². The van der Waals surface area contributed by atoms with Crippen molar-refractivity contribution in [1.82, 2.24) is 0 Å². The lowest BCUT2D eigenvalue weighted by atomic mass is 10.1. The van der Waals surface area contributed by atoms with E-state index in [1.54, 1.807) is 18.2 Å². The number of hydrogen-bond acceptors (Lipinski definition) is 2. The predicted molar refractivity (Wildman–Crippen MR) is 51.2 cm³/mol. The van der Waals surface area contributed by atoms with Gasteiger partial charge in [0.15, 0.2) is 0 Å². The Hall–Kier alpha value is -0.0900. The van der Waals surface area contributed by atoms with Crippen molar-refractivity contribution in [2.75, 3.05) is 6.61 Å². The van der Waals surface area contributed by atoms with Crippen LogP contribution in [0.4, 0.5) is 0 Å². The van der Waals surface area contributed by atoms with Crippen molar-refractivity contribution in [3.05, 3.63) is 33.3 Å². The van der Waals surface area contributed by atoms with Gasteiger partial charge in [0, 0.05) is 15.1 Å². The Kier molecular flexibility index (Phi) is 3.53. The summed E-state index contributed by atoms with van der Waals surface area (Å²) in [6.45, 7) is -0.323. The van der Waals surface area contributed by atoms with E-state index in [4.69, 9.17) is 16.7 Å². The first kappa shape index (κ1) is 9.99. The van der Waals surface area contributed by atoms with Crippen LogP contribution in [-0.2, 0) is 0 Å². The first-order valence-electron chi connectivity index (χ1n) is 3.39. The molecule has 12 heavy (non-hydrogen) atoms. The van der Waals surface area contributed by atoms with E-state index >= 15 is 0 Å². The highest BCUT2D eigenvalue weighted by Gasteiger charge is 2.09. The van der Waals surface area contributed by atoms with E-state index in [0.717, 1.165) is 4.47 Å². The minimum absolute atomic E-state index is 0.323. The van der Waals surface area contributed by atoms with E-state index in [1.807, 2.05) is 0 Å². The summed E-state index contributed by atoms with van der Waals surface area (Å²) >= 11 is 9.02. The van der Waals surface area contributed by atoms with Crippen LogP contribution in [0.3, 0.4) is 0 Å². The molecule has 2 N–H and O–H groups in total. The van der Waals surface area contributed by atoms with Gasteiger partial charge in [0.2, 0.25) is 0 Å². The molecule has 1 aromatic carbocycles. The monoisotopic (exact) mass is 250 g/mol. The summed E-state index contributed by atoms with van der Waals surface area (Å²) in [7, 11) is 0. The van der Waals surface area contributed by atoms with Crippen molar-refractivity contribution in [3.8, 4) is 0 Å². The lowest BCUT2D eigenvalue weighted by Gasteiger charge is -2.09. The topological polar surface area (TPSA) is 40.5 Å². The summed E-state index contributed by atoms with van der Waals surface area (Å²) in [6.07, 6.45) is -0.907. The number of benzene rings is 1. The van der Waals surface area contributed by atoms with Gasteiger partial charge in [-0.2, -0.15) is 0 Å². The summed E-state index contributed by atoms with van der Waals surface area (Å²) in [4.78, 5) is 0. The Balaban J connectivity index is 3.04. The number of halogens is 2. The molecule has 0 saturated carbocycles. The molecule has 2 nitrogen and oxygen atoms in total. The average Bonchev–Trinajstić information content (AvgIpc) is 2.08. The Morgan fingerprint density at radius 3 is 2.75 bits per heavy atom. The van der Waals surface area contributed by atoms with Crippen molar-refractivity contribution in [2.45, 2.75) is 6.10 Å². The van der Waals surface area contributed by atoms with E-state index in [1.165, 1.54) is 0 Å². The van der Waals surface area contributed by atoms with E-state index in [9.17, 15) is 5.11 Å². The minimum atomic E-state index is -0.907. The van der Waals surface area contributed by atoms with Crippen LogP contribution in [0, 0.1) is 0 Å². The average molecular weight is 252 g/mol. The van der Waals surface area contributed by atoms with Crippen LogP contribution in [0.5, 0.6) is 0 Å². The molecule has 0 aromatic heterocycles. The fourth-order valence-electron chi connectivity index (χ4n) is 0.868. The lowest BCUT2D eigenvalue weighted by molar-refractivity contribution is 0.0956. The van der Waals surface area contributed by atoms with Gasteiger partial charge < -0.3 is 10.2 Å². The summed E-state index contributed by atoms with van der Waals surface area (Å²) in [5.41, 5.74) is 0.536. The first-order valence-corrected chi connectivity index (χ1v) is 4.56. The van der Waals surface area contributed by atoms with Gasteiger partial charge in [0.1, 0.15) is 6.10 Å². The van der Waals surface area contributed by atoms with Crippen molar-refractivity contribution in [2.24, 2.45) is 0 Å². The number of aliphatic hydroxyl groups excluding tert-OH is 2. The van der Waals surface area contributed by atoms with Crippen LogP contribution < -0.4 is 0 Å². The van der Waals surface area contributed by atoms with Crippen molar-refractivity contribution in [3.63, 3.8) is 0 Å². The standard InChI is InChI=1S/C8H8BrClO2/c9-5-1-2-7(10)6(3-5)8(12)4-11/h1-3,8,11-12H,4H2. The zero-order chi connectivity index (χ0) is 9.14. The van der Waals surface area contributed by atoms with Crippen LogP contribution in [0.1, 0.15) is 11.7 Å². The van der Waals surface area contributed by atoms with Gasteiger partial charge in [-0.25, -0.2) is 0 Å². The normalized spacial score (nSPS) is 13.0. The predicted octanol–water partition coefficient (Wildman–Crippen LogP) is 2.13. The van der Waals surface area contributed by atoms with Crippen LogP contribution in [-0.4, -0.2) is 16.8 Å². The lowest BCUT2D eigenvalue weighted by Crippen LogP contribution is -2.02. The third-order valence-corrected chi connectivity index (χ3v) is 2.33. The Morgan fingerprint density at radius 2 is 2.17 bits per heavy atom. The molecule has 1 aromatic rings.